The summed E-state index contributed by atoms with van der Waals surface area (Å²) < 4.78 is 17.8. The van der Waals surface area contributed by atoms with E-state index >= 15 is 0 Å². The first-order valence-corrected chi connectivity index (χ1v) is 10.7. The third-order valence-corrected chi connectivity index (χ3v) is 6.54. The summed E-state index contributed by atoms with van der Waals surface area (Å²) in [6.45, 7) is 6.37. The zero-order valence-corrected chi connectivity index (χ0v) is 16.8. The van der Waals surface area contributed by atoms with E-state index in [2.05, 4.69) is 20.2 Å². The molecule has 8 heteroatoms. The number of hydrogen-bond acceptors (Lipinski definition) is 7. The van der Waals surface area contributed by atoms with Gasteiger partial charge in [0.05, 0.1) is 28.6 Å². The van der Waals surface area contributed by atoms with Gasteiger partial charge in [-0.3, -0.25) is 4.21 Å². The van der Waals surface area contributed by atoms with Crippen molar-refractivity contribution in [3.8, 4) is 0 Å². The van der Waals surface area contributed by atoms with Crippen LogP contribution in [0.5, 0.6) is 0 Å². The number of aliphatic hydroxyl groups excluding tert-OH is 1. The maximum atomic E-state index is 12.4. The van der Waals surface area contributed by atoms with Crippen molar-refractivity contribution in [2.24, 2.45) is 5.92 Å². The molecule has 26 heavy (non-hydrogen) atoms. The molecule has 0 bridgehead atoms. The van der Waals surface area contributed by atoms with Crippen LogP contribution in [0, 0.1) is 5.92 Å². The molecule has 0 aromatic carbocycles. The van der Waals surface area contributed by atoms with Crippen LogP contribution in [-0.4, -0.2) is 64.0 Å². The van der Waals surface area contributed by atoms with Crippen LogP contribution in [0.2, 0.25) is 0 Å². The molecule has 3 heterocycles. The van der Waals surface area contributed by atoms with Gasteiger partial charge in [0, 0.05) is 39.0 Å². The minimum absolute atomic E-state index is 0.0344. The molecule has 1 aromatic rings. The third-order valence-electron chi connectivity index (χ3n) is 5.08. The highest BCUT2D eigenvalue weighted by atomic mass is 32.2. The smallest absolute Gasteiger partial charge is 0.227 e. The van der Waals surface area contributed by atoms with E-state index < -0.39 is 16.3 Å². The summed E-state index contributed by atoms with van der Waals surface area (Å²) in [5, 5.41) is 12.8. The van der Waals surface area contributed by atoms with E-state index in [1.165, 1.54) is 0 Å². The monoisotopic (exact) mass is 382 g/mol. The molecule has 7 nitrogen and oxygen atoms in total. The first-order valence-electron chi connectivity index (χ1n) is 9.37. The van der Waals surface area contributed by atoms with Crippen LogP contribution in [0.25, 0.3) is 0 Å². The Morgan fingerprint density at radius 1 is 1.35 bits per heavy atom. The summed E-state index contributed by atoms with van der Waals surface area (Å²) in [5.41, 5.74) is 0.329. The molecule has 0 aliphatic carbocycles. The molecule has 1 saturated heterocycles. The van der Waals surface area contributed by atoms with E-state index in [9.17, 15) is 9.32 Å². The van der Waals surface area contributed by atoms with Crippen molar-refractivity contribution in [1.29, 1.82) is 0 Å². The molecule has 146 valence electrons. The second kappa shape index (κ2) is 8.19. The highest BCUT2D eigenvalue weighted by Gasteiger charge is 2.29. The van der Waals surface area contributed by atoms with E-state index in [-0.39, 0.29) is 6.61 Å². The van der Waals surface area contributed by atoms with Crippen molar-refractivity contribution in [1.82, 2.24) is 9.97 Å². The Kier molecular flexibility index (Phi) is 6.14. The first-order chi connectivity index (χ1) is 12.4. The Bertz CT molecular complexity index is 662. The summed E-state index contributed by atoms with van der Waals surface area (Å²) in [7, 11) is 0.931. The van der Waals surface area contributed by atoms with Crippen molar-refractivity contribution >= 4 is 22.6 Å². The van der Waals surface area contributed by atoms with Gasteiger partial charge in [0.2, 0.25) is 5.95 Å². The lowest BCUT2D eigenvalue weighted by Crippen LogP contribution is -2.36. The average Bonchev–Trinajstić information content (AvgIpc) is 3.01. The van der Waals surface area contributed by atoms with Gasteiger partial charge in [-0.25, -0.2) is 4.98 Å². The predicted octanol–water partition coefficient (Wildman–Crippen LogP) is 1.58. The molecule has 1 fully saturated rings. The predicted molar refractivity (Wildman–Crippen MR) is 103 cm³/mol. The molecule has 3 rings (SSSR count). The van der Waals surface area contributed by atoms with Crippen LogP contribution in [0.1, 0.15) is 38.8 Å². The van der Waals surface area contributed by atoms with Gasteiger partial charge in [-0.2, -0.15) is 4.98 Å². The fourth-order valence-electron chi connectivity index (χ4n) is 3.31. The number of anilines is 2. The van der Waals surface area contributed by atoms with Gasteiger partial charge >= 0.3 is 0 Å². The molecule has 0 spiro atoms. The molecule has 2 aliphatic rings. The lowest BCUT2D eigenvalue weighted by atomic mass is 9.96. The third kappa shape index (κ3) is 4.53. The number of fused-ring (bicyclic) bond motifs is 1. The van der Waals surface area contributed by atoms with E-state index in [0.29, 0.717) is 34.8 Å². The van der Waals surface area contributed by atoms with Crippen LogP contribution in [-0.2, 0) is 22.0 Å². The van der Waals surface area contributed by atoms with Crippen molar-refractivity contribution < 1.29 is 14.1 Å². The Hall–Kier alpha value is -1.25. The second-order valence-corrected chi connectivity index (χ2v) is 9.39. The second-order valence-electron chi connectivity index (χ2n) is 7.88. The fourth-order valence-corrected chi connectivity index (χ4v) is 4.62. The maximum absolute atomic E-state index is 12.4. The lowest BCUT2D eigenvalue weighted by Gasteiger charge is -2.27. The summed E-state index contributed by atoms with van der Waals surface area (Å²) in [6.07, 6.45) is 4.04. The fraction of sp³-hybridized carbons (Fsp3) is 0.778. The van der Waals surface area contributed by atoms with Gasteiger partial charge in [-0.15, -0.1) is 0 Å². The number of aliphatic hydroxyl groups is 1. The van der Waals surface area contributed by atoms with Gasteiger partial charge in [-0.1, -0.05) is 0 Å². The molecule has 2 N–H and O–H groups in total. The Morgan fingerprint density at radius 2 is 2.08 bits per heavy atom. The molecule has 1 aromatic heterocycles. The Morgan fingerprint density at radius 3 is 2.77 bits per heavy atom. The lowest BCUT2D eigenvalue weighted by molar-refractivity contribution is 0.0645. The van der Waals surface area contributed by atoms with E-state index in [4.69, 9.17) is 4.74 Å². The van der Waals surface area contributed by atoms with Crippen molar-refractivity contribution in [3.05, 3.63) is 5.69 Å². The molecule has 0 saturated carbocycles. The number of aromatic nitrogens is 2. The largest absolute Gasteiger partial charge is 0.394 e. The van der Waals surface area contributed by atoms with E-state index in [0.717, 1.165) is 44.7 Å². The highest BCUT2D eigenvalue weighted by Crippen LogP contribution is 2.31. The zero-order valence-electron chi connectivity index (χ0n) is 16.0. The minimum atomic E-state index is -1.08. The summed E-state index contributed by atoms with van der Waals surface area (Å²) in [6, 6.07) is 0. The van der Waals surface area contributed by atoms with Crippen LogP contribution in [0.15, 0.2) is 4.90 Å². The van der Waals surface area contributed by atoms with Crippen LogP contribution in [0.4, 0.5) is 11.8 Å². The van der Waals surface area contributed by atoms with Gasteiger partial charge in [0.1, 0.15) is 10.7 Å². The minimum Gasteiger partial charge on any atom is -0.394 e. The van der Waals surface area contributed by atoms with Crippen molar-refractivity contribution in [2.75, 3.05) is 49.4 Å². The van der Waals surface area contributed by atoms with Gasteiger partial charge < -0.3 is 20.1 Å². The highest BCUT2D eigenvalue weighted by molar-refractivity contribution is 7.85. The number of rotatable bonds is 7. The van der Waals surface area contributed by atoms with E-state index in [1.54, 1.807) is 0 Å². The Balaban J connectivity index is 1.77. The van der Waals surface area contributed by atoms with Gasteiger partial charge in [-0.05, 0) is 39.0 Å². The summed E-state index contributed by atoms with van der Waals surface area (Å²) in [5.74, 6) is 2.54. The van der Waals surface area contributed by atoms with Crippen molar-refractivity contribution in [3.63, 3.8) is 0 Å². The number of nitrogens with one attached hydrogen (secondary N) is 1. The van der Waals surface area contributed by atoms with Gasteiger partial charge in [0.15, 0.2) is 0 Å². The standard InChI is InChI=1S/C18H30N4O3S/c1-18(2,12-23)21-16-15-14(7-11-26(15)24)19-17(20-16)22(3)8-4-13-5-9-25-10-6-13/h13,23H,4-12H2,1-3H3,(H,19,20,21). The molecule has 1 atom stereocenters. The molecular formula is C18H30N4O3S. The quantitative estimate of drug-likeness (QED) is 0.740. The number of hydrogen-bond donors (Lipinski definition) is 2. The number of aryl methyl sites for hydroxylation is 1. The number of nitrogens with zero attached hydrogens (tertiary/aromatic N) is 3. The van der Waals surface area contributed by atoms with Crippen LogP contribution < -0.4 is 10.2 Å². The normalized spacial score (nSPS) is 20.8. The Labute approximate surface area is 158 Å². The van der Waals surface area contributed by atoms with E-state index in [1.807, 2.05) is 20.9 Å². The first kappa shape index (κ1) is 19.5. The van der Waals surface area contributed by atoms with Crippen LogP contribution >= 0.6 is 0 Å². The molecule has 0 amide bonds. The molecule has 1 unspecified atom stereocenters. The molecule has 0 radical (unpaired) electrons. The number of ether oxygens (including phenoxy) is 1. The average molecular weight is 383 g/mol. The molecule has 2 aliphatic heterocycles. The summed E-state index contributed by atoms with van der Waals surface area (Å²) >= 11 is 0. The van der Waals surface area contributed by atoms with Crippen LogP contribution in [0.3, 0.4) is 0 Å². The van der Waals surface area contributed by atoms with Gasteiger partial charge in [0.25, 0.3) is 0 Å². The van der Waals surface area contributed by atoms with Crippen molar-refractivity contribution in [2.45, 2.75) is 50.0 Å². The SMILES string of the molecule is CN(CCC1CCOCC1)c1nc2c(c(NC(C)(C)CO)n1)S(=O)CC2. The topological polar surface area (TPSA) is 87.6 Å². The summed E-state index contributed by atoms with van der Waals surface area (Å²) in [4.78, 5) is 12.1. The maximum Gasteiger partial charge on any atom is 0.227 e. The zero-order chi connectivity index (χ0) is 18.7. The molecular weight excluding hydrogens is 352 g/mol.